The van der Waals surface area contributed by atoms with Gasteiger partial charge in [0.15, 0.2) is 11.4 Å². The van der Waals surface area contributed by atoms with Crippen molar-refractivity contribution in [2.45, 2.75) is 32.5 Å². The maximum Gasteiger partial charge on any atom is 0.435 e. The van der Waals surface area contributed by atoms with E-state index in [1.807, 2.05) is 0 Å². The molecule has 2 amide bonds. The lowest BCUT2D eigenvalue weighted by atomic mass is 10.1. The number of nitrogens with one attached hydrogen (secondary N) is 2. The highest BCUT2D eigenvalue weighted by molar-refractivity contribution is 5.94. The number of anilines is 1. The Morgan fingerprint density at radius 3 is 2.25 bits per heavy atom. The third kappa shape index (κ3) is 5.10. The fourth-order valence-corrected chi connectivity index (χ4v) is 2.90. The predicted octanol–water partition coefficient (Wildman–Crippen LogP) is 4.26. The highest BCUT2D eigenvalue weighted by Crippen LogP contribution is 2.33. The molecule has 0 saturated heterocycles. The van der Waals surface area contributed by atoms with Gasteiger partial charge in [-0.25, -0.2) is 9.07 Å². The van der Waals surface area contributed by atoms with Gasteiger partial charge in [0.1, 0.15) is 5.82 Å². The van der Waals surface area contributed by atoms with Crippen molar-refractivity contribution < 1.29 is 27.2 Å². The number of nitrogens with zero attached hydrogens (tertiary/aromatic N) is 3. The molecule has 0 bridgehead atoms. The minimum Gasteiger partial charge on any atom is -0.344 e. The highest BCUT2D eigenvalue weighted by Gasteiger charge is 2.42. The number of rotatable bonds is 6. The summed E-state index contributed by atoms with van der Waals surface area (Å²) in [6.07, 6.45) is -4.62. The van der Waals surface area contributed by atoms with Gasteiger partial charge in [0.2, 0.25) is 5.91 Å². The van der Waals surface area contributed by atoms with Crippen LogP contribution in [0.4, 0.5) is 23.2 Å². The summed E-state index contributed by atoms with van der Waals surface area (Å²) in [7, 11) is 0. The van der Waals surface area contributed by atoms with Crippen LogP contribution in [0.15, 0.2) is 48.5 Å². The van der Waals surface area contributed by atoms with E-state index in [1.54, 1.807) is 38.1 Å². The molecule has 1 aromatic heterocycles. The average molecular weight is 449 g/mol. The Bertz CT molecular complexity index is 1110. The summed E-state index contributed by atoms with van der Waals surface area (Å²) in [4.78, 5) is 24.0. The Morgan fingerprint density at radius 2 is 1.69 bits per heavy atom. The lowest BCUT2D eigenvalue weighted by Gasteiger charge is -2.16. The summed E-state index contributed by atoms with van der Waals surface area (Å²) in [5, 5.41) is 12.0. The van der Waals surface area contributed by atoms with Crippen LogP contribution in [0.25, 0.3) is 5.69 Å². The third-order valence-electron chi connectivity index (χ3n) is 4.59. The molecule has 1 unspecified atom stereocenters. The molecule has 3 aromatic rings. The molecule has 1 atom stereocenters. The van der Waals surface area contributed by atoms with E-state index in [1.165, 1.54) is 0 Å². The zero-order chi connectivity index (χ0) is 23.5. The van der Waals surface area contributed by atoms with Crippen molar-refractivity contribution in [1.82, 2.24) is 20.3 Å². The van der Waals surface area contributed by atoms with Gasteiger partial charge in [-0.3, -0.25) is 9.59 Å². The molecule has 11 heteroatoms. The molecule has 1 heterocycles. The average Bonchev–Trinajstić information content (AvgIpc) is 3.20. The number of hydrogen-bond donors (Lipinski definition) is 2. The van der Waals surface area contributed by atoms with Crippen LogP contribution in [0.2, 0.25) is 0 Å². The monoisotopic (exact) mass is 449 g/mol. The van der Waals surface area contributed by atoms with Gasteiger partial charge in [-0.1, -0.05) is 24.3 Å². The van der Waals surface area contributed by atoms with E-state index in [-0.39, 0.29) is 11.6 Å². The molecule has 0 aliphatic rings. The Labute approximate surface area is 180 Å². The van der Waals surface area contributed by atoms with Gasteiger partial charge in [-0.2, -0.15) is 13.2 Å². The zero-order valence-electron chi connectivity index (χ0n) is 17.1. The van der Waals surface area contributed by atoms with E-state index in [2.05, 4.69) is 20.9 Å². The second-order valence-electron chi connectivity index (χ2n) is 6.89. The van der Waals surface area contributed by atoms with Crippen molar-refractivity contribution in [3.63, 3.8) is 0 Å². The molecule has 2 aromatic carbocycles. The molecule has 7 nitrogen and oxygen atoms in total. The summed E-state index contributed by atoms with van der Waals surface area (Å²) < 4.78 is 54.7. The smallest absolute Gasteiger partial charge is 0.344 e. The fraction of sp³-hybridized carbons (Fsp3) is 0.238. The molecular weight excluding hydrogens is 430 g/mol. The number of alkyl halides is 3. The Kier molecular flexibility index (Phi) is 6.56. The van der Waals surface area contributed by atoms with E-state index in [4.69, 9.17) is 0 Å². The lowest BCUT2D eigenvalue weighted by molar-refractivity contribution is -0.143. The standard InChI is InChI=1S/C21H19F4N5O2/c1-3-17(31)27-15-8-4-13(5-9-15)12(2)26-20(32)18-19(21(23,24)25)30(29-28-18)16-10-6-14(22)7-11-16/h4-12H,3H2,1-2H3,(H,26,32)(H,27,31). The molecule has 0 aliphatic heterocycles. The summed E-state index contributed by atoms with van der Waals surface area (Å²) in [6, 6.07) is 10.0. The van der Waals surface area contributed by atoms with Crippen LogP contribution in [0.3, 0.4) is 0 Å². The van der Waals surface area contributed by atoms with E-state index in [0.717, 1.165) is 24.3 Å². The van der Waals surface area contributed by atoms with Crippen molar-refractivity contribution >= 4 is 17.5 Å². The van der Waals surface area contributed by atoms with Crippen molar-refractivity contribution in [2.75, 3.05) is 5.32 Å². The number of carbonyl (C=O) groups is 2. The predicted molar refractivity (Wildman–Crippen MR) is 108 cm³/mol. The molecule has 0 radical (unpaired) electrons. The summed E-state index contributed by atoms with van der Waals surface area (Å²) in [5.41, 5.74) is -1.21. The maximum atomic E-state index is 13.7. The van der Waals surface area contributed by atoms with Gasteiger partial charge in [0.05, 0.1) is 11.7 Å². The lowest BCUT2D eigenvalue weighted by Crippen LogP contribution is -2.29. The minimum atomic E-state index is -4.94. The molecule has 0 spiro atoms. The van der Waals surface area contributed by atoms with Gasteiger partial charge in [0.25, 0.3) is 5.91 Å². The molecule has 32 heavy (non-hydrogen) atoms. The molecular formula is C21H19F4N5O2. The van der Waals surface area contributed by atoms with Crippen molar-refractivity contribution in [2.24, 2.45) is 0 Å². The van der Waals surface area contributed by atoms with Crippen LogP contribution in [-0.4, -0.2) is 26.8 Å². The first-order valence-corrected chi connectivity index (χ1v) is 9.59. The van der Waals surface area contributed by atoms with Crippen molar-refractivity contribution in [3.05, 3.63) is 71.3 Å². The SMILES string of the molecule is CCC(=O)Nc1ccc(C(C)NC(=O)c2nnn(-c3ccc(F)cc3)c2C(F)(F)F)cc1. The van der Waals surface area contributed by atoms with Crippen LogP contribution in [-0.2, 0) is 11.0 Å². The fourth-order valence-electron chi connectivity index (χ4n) is 2.90. The van der Waals surface area contributed by atoms with Crippen molar-refractivity contribution in [3.8, 4) is 5.69 Å². The zero-order valence-corrected chi connectivity index (χ0v) is 17.1. The quantitative estimate of drug-likeness (QED) is 0.551. The van der Waals surface area contributed by atoms with Crippen LogP contribution in [0.5, 0.6) is 0 Å². The van der Waals surface area contributed by atoms with E-state index >= 15 is 0 Å². The van der Waals surface area contributed by atoms with Gasteiger partial charge in [0, 0.05) is 12.1 Å². The summed E-state index contributed by atoms with van der Waals surface area (Å²) >= 11 is 0. The van der Waals surface area contributed by atoms with E-state index < -0.39 is 35.3 Å². The topological polar surface area (TPSA) is 88.9 Å². The van der Waals surface area contributed by atoms with Crippen LogP contribution < -0.4 is 10.6 Å². The van der Waals surface area contributed by atoms with E-state index in [0.29, 0.717) is 22.4 Å². The van der Waals surface area contributed by atoms with Crippen LogP contribution >= 0.6 is 0 Å². The number of halogens is 4. The van der Waals surface area contributed by atoms with Gasteiger partial charge < -0.3 is 10.6 Å². The second-order valence-corrected chi connectivity index (χ2v) is 6.89. The largest absolute Gasteiger partial charge is 0.435 e. The third-order valence-corrected chi connectivity index (χ3v) is 4.59. The maximum absolute atomic E-state index is 13.7. The second kappa shape index (κ2) is 9.16. The van der Waals surface area contributed by atoms with Gasteiger partial charge >= 0.3 is 6.18 Å². The number of aromatic nitrogens is 3. The molecule has 0 saturated carbocycles. The first kappa shape index (κ1) is 22.9. The summed E-state index contributed by atoms with van der Waals surface area (Å²) in [6.45, 7) is 3.30. The Morgan fingerprint density at radius 1 is 1.06 bits per heavy atom. The number of hydrogen-bond acceptors (Lipinski definition) is 4. The highest BCUT2D eigenvalue weighted by atomic mass is 19.4. The molecule has 0 fully saturated rings. The Hall–Kier alpha value is -3.76. The normalized spacial score (nSPS) is 12.3. The first-order valence-electron chi connectivity index (χ1n) is 9.59. The van der Waals surface area contributed by atoms with Crippen LogP contribution in [0, 0.1) is 5.82 Å². The van der Waals surface area contributed by atoms with Gasteiger partial charge in [-0.05, 0) is 48.9 Å². The number of amides is 2. The van der Waals surface area contributed by atoms with Crippen molar-refractivity contribution in [1.29, 1.82) is 0 Å². The number of benzene rings is 2. The minimum absolute atomic E-state index is 0.0944. The first-order chi connectivity index (χ1) is 15.1. The number of carbonyl (C=O) groups excluding carboxylic acids is 2. The van der Waals surface area contributed by atoms with Crippen LogP contribution in [0.1, 0.15) is 48.1 Å². The molecule has 0 aliphatic carbocycles. The molecule has 3 rings (SSSR count). The summed E-state index contributed by atoms with van der Waals surface area (Å²) in [5.74, 6) is -1.86. The van der Waals surface area contributed by atoms with Gasteiger partial charge in [-0.15, -0.1) is 5.10 Å². The molecule has 168 valence electrons. The van der Waals surface area contributed by atoms with E-state index in [9.17, 15) is 27.2 Å². The Balaban J connectivity index is 1.83. The molecule has 2 N–H and O–H groups in total.